The third-order valence-electron chi connectivity index (χ3n) is 3.74. The number of amides is 2. The Morgan fingerprint density at radius 3 is 1.65 bits per heavy atom. The van der Waals surface area contributed by atoms with E-state index in [1.165, 1.54) is 22.0 Å². The minimum Gasteiger partial charge on any atom is -0.323 e. The second kappa shape index (κ2) is 6.21. The zero-order valence-corrected chi connectivity index (χ0v) is 11.2. The van der Waals surface area contributed by atoms with E-state index in [4.69, 9.17) is 10.5 Å². The van der Waals surface area contributed by atoms with Gasteiger partial charge in [-0.2, -0.15) is 10.5 Å². The molecule has 20 heavy (non-hydrogen) atoms. The van der Waals surface area contributed by atoms with Crippen molar-refractivity contribution >= 4 is 11.8 Å². The Bertz CT molecular complexity index is 468. The van der Waals surface area contributed by atoms with E-state index < -0.39 is 0 Å². The van der Waals surface area contributed by atoms with Crippen molar-refractivity contribution in [1.82, 2.24) is 9.80 Å². The predicted molar refractivity (Wildman–Crippen MR) is 69.8 cm³/mol. The van der Waals surface area contributed by atoms with Crippen LogP contribution >= 0.6 is 0 Å². The van der Waals surface area contributed by atoms with Crippen molar-refractivity contribution in [3.05, 3.63) is 12.2 Å². The van der Waals surface area contributed by atoms with Gasteiger partial charge in [-0.3, -0.25) is 9.59 Å². The average Bonchev–Trinajstić information content (AvgIpc) is 3.11. The Balaban J connectivity index is 1.96. The molecule has 2 amide bonds. The lowest BCUT2D eigenvalue weighted by atomic mass is 10.2. The summed E-state index contributed by atoms with van der Waals surface area (Å²) in [5, 5.41) is 17.8. The fraction of sp³-hybridized carbons (Fsp3) is 0.571. The second-order valence-corrected chi connectivity index (χ2v) is 4.97. The van der Waals surface area contributed by atoms with Gasteiger partial charge < -0.3 is 9.80 Å². The Kier molecular flexibility index (Phi) is 4.37. The first-order chi connectivity index (χ1) is 9.67. The van der Waals surface area contributed by atoms with Gasteiger partial charge in [-0.25, -0.2) is 0 Å². The molecule has 104 valence electrons. The van der Waals surface area contributed by atoms with Crippen molar-refractivity contribution in [2.75, 3.05) is 13.1 Å². The largest absolute Gasteiger partial charge is 0.323 e. The van der Waals surface area contributed by atoms with E-state index in [1.54, 1.807) is 0 Å². The Labute approximate surface area is 117 Å². The molecule has 0 aromatic carbocycles. The Hall–Kier alpha value is -2.34. The van der Waals surface area contributed by atoms with Crippen LogP contribution in [0.15, 0.2) is 12.2 Å². The number of carbonyl (C=O) groups is 2. The summed E-state index contributed by atoms with van der Waals surface area (Å²) in [4.78, 5) is 26.8. The quantitative estimate of drug-likeness (QED) is 0.687. The van der Waals surface area contributed by atoms with E-state index in [1.807, 2.05) is 0 Å². The van der Waals surface area contributed by atoms with Crippen LogP contribution in [0.1, 0.15) is 25.7 Å². The van der Waals surface area contributed by atoms with E-state index in [2.05, 4.69) is 12.1 Å². The van der Waals surface area contributed by atoms with Crippen LogP contribution in [0.2, 0.25) is 0 Å². The minimum absolute atomic E-state index is 0.310. The molecule has 2 aliphatic heterocycles. The van der Waals surface area contributed by atoms with Gasteiger partial charge in [0.1, 0.15) is 12.1 Å². The van der Waals surface area contributed by atoms with Gasteiger partial charge in [0, 0.05) is 25.2 Å². The van der Waals surface area contributed by atoms with Crippen molar-refractivity contribution in [2.45, 2.75) is 37.8 Å². The third kappa shape index (κ3) is 2.80. The lowest BCUT2D eigenvalue weighted by molar-refractivity contribution is -0.128. The number of rotatable bonds is 2. The maximum Gasteiger partial charge on any atom is 0.247 e. The van der Waals surface area contributed by atoms with E-state index in [9.17, 15) is 9.59 Å². The highest BCUT2D eigenvalue weighted by molar-refractivity contribution is 5.97. The maximum atomic E-state index is 11.9. The van der Waals surface area contributed by atoms with Crippen LogP contribution in [0.5, 0.6) is 0 Å². The summed E-state index contributed by atoms with van der Waals surface area (Å²) in [6.07, 6.45) is 5.43. The molecule has 2 fully saturated rings. The van der Waals surface area contributed by atoms with Crippen molar-refractivity contribution in [1.29, 1.82) is 10.5 Å². The molecule has 0 aromatic rings. The van der Waals surface area contributed by atoms with Gasteiger partial charge in [-0.1, -0.05) is 0 Å². The number of carbonyl (C=O) groups excluding carboxylic acids is 2. The fourth-order valence-corrected chi connectivity index (χ4v) is 2.66. The molecule has 2 aliphatic rings. The van der Waals surface area contributed by atoms with E-state index in [0.717, 1.165) is 12.8 Å². The summed E-state index contributed by atoms with van der Waals surface area (Å²) in [7, 11) is 0. The summed E-state index contributed by atoms with van der Waals surface area (Å²) in [5.74, 6) is -0.620. The lowest BCUT2D eigenvalue weighted by Crippen LogP contribution is -2.35. The molecule has 6 heteroatoms. The van der Waals surface area contributed by atoms with Crippen LogP contribution in [-0.4, -0.2) is 46.8 Å². The van der Waals surface area contributed by atoms with Gasteiger partial charge in [-0.05, 0) is 25.7 Å². The molecule has 2 unspecified atom stereocenters. The summed E-state index contributed by atoms with van der Waals surface area (Å²) < 4.78 is 0. The van der Waals surface area contributed by atoms with Crippen molar-refractivity contribution in [3.8, 4) is 12.1 Å². The highest BCUT2D eigenvalue weighted by Gasteiger charge is 2.29. The second-order valence-electron chi connectivity index (χ2n) is 4.97. The molecular weight excluding hydrogens is 256 g/mol. The van der Waals surface area contributed by atoms with Crippen LogP contribution in [0.25, 0.3) is 0 Å². The molecule has 2 heterocycles. The molecular formula is C14H16N4O2. The molecule has 2 rings (SSSR count). The molecule has 2 atom stereocenters. The van der Waals surface area contributed by atoms with Crippen LogP contribution in [0, 0.1) is 22.7 Å². The Morgan fingerprint density at radius 1 is 0.900 bits per heavy atom. The zero-order chi connectivity index (χ0) is 14.5. The minimum atomic E-state index is -0.388. The van der Waals surface area contributed by atoms with Gasteiger partial charge in [0.25, 0.3) is 0 Å². The molecule has 0 bridgehead atoms. The summed E-state index contributed by atoms with van der Waals surface area (Å²) in [6.45, 7) is 1.11. The van der Waals surface area contributed by atoms with Crippen LogP contribution in [0.4, 0.5) is 0 Å². The van der Waals surface area contributed by atoms with Crippen LogP contribution in [0.3, 0.4) is 0 Å². The highest BCUT2D eigenvalue weighted by atomic mass is 16.2. The first kappa shape index (κ1) is 14.1. The SMILES string of the molecule is N#CC1CCCN1C(=O)C=CC(=O)N1CCCC1C#N. The van der Waals surface area contributed by atoms with Gasteiger partial charge in [0.15, 0.2) is 0 Å². The molecule has 0 aliphatic carbocycles. The van der Waals surface area contributed by atoms with Crippen molar-refractivity contribution < 1.29 is 9.59 Å². The van der Waals surface area contributed by atoms with Crippen LogP contribution < -0.4 is 0 Å². The summed E-state index contributed by atoms with van der Waals surface area (Å²) >= 11 is 0. The first-order valence-electron chi connectivity index (χ1n) is 6.76. The number of nitrogens with zero attached hydrogens (tertiary/aromatic N) is 4. The maximum absolute atomic E-state index is 11.9. The lowest BCUT2D eigenvalue weighted by Gasteiger charge is -2.18. The molecule has 2 saturated heterocycles. The van der Waals surface area contributed by atoms with E-state index in [-0.39, 0.29) is 23.9 Å². The number of hydrogen-bond acceptors (Lipinski definition) is 4. The van der Waals surface area contributed by atoms with E-state index in [0.29, 0.717) is 25.9 Å². The fourth-order valence-electron chi connectivity index (χ4n) is 2.66. The molecule has 0 aromatic heterocycles. The molecule has 0 N–H and O–H groups in total. The summed E-state index contributed by atoms with van der Waals surface area (Å²) in [6, 6.07) is 3.40. The topological polar surface area (TPSA) is 88.2 Å². The number of hydrogen-bond donors (Lipinski definition) is 0. The van der Waals surface area contributed by atoms with Crippen molar-refractivity contribution in [3.63, 3.8) is 0 Å². The normalized spacial score (nSPS) is 25.7. The molecule has 0 spiro atoms. The first-order valence-corrected chi connectivity index (χ1v) is 6.76. The van der Waals surface area contributed by atoms with Gasteiger partial charge >= 0.3 is 0 Å². The third-order valence-corrected chi connectivity index (χ3v) is 3.74. The monoisotopic (exact) mass is 272 g/mol. The van der Waals surface area contributed by atoms with E-state index >= 15 is 0 Å². The highest BCUT2D eigenvalue weighted by Crippen LogP contribution is 2.18. The summed E-state index contributed by atoms with van der Waals surface area (Å²) in [5.41, 5.74) is 0. The smallest absolute Gasteiger partial charge is 0.247 e. The standard InChI is InChI=1S/C14H16N4O2/c15-9-11-3-1-7-17(11)13(19)5-6-14(20)18-8-2-4-12(18)10-16/h5-6,11-12H,1-4,7-8H2. The Morgan fingerprint density at radius 2 is 1.30 bits per heavy atom. The van der Waals surface area contributed by atoms with Crippen LogP contribution in [-0.2, 0) is 9.59 Å². The average molecular weight is 272 g/mol. The molecule has 0 radical (unpaired) electrons. The van der Waals surface area contributed by atoms with Gasteiger partial charge in [0.2, 0.25) is 11.8 Å². The molecule has 6 nitrogen and oxygen atoms in total. The van der Waals surface area contributed by atoms with Gasteiger partial charge in [-0.15, -0.1) is 0 Å². The van der Waals surface area contributed by atoms with Crippen molar-refractivity contribution in [2.24, 2.45) is 0 Å². The zero-order valence-electron chi connectivity index (χ0n) is 11.2. The predicted octanol–water partition coefficient (Wildman–Crippen LogP) is 0.572. The van der Waals surface area contributed by atoms with Gasteiger partial charge in [0.05, 0.1) is 12.1 Å². The number of likely N-dealkylation sites (tertiary alicyclic amines) is 2. The molecule has 0 saturated carbocycles. The number of nitriles is 2.